The highest BCUT2D eigenvalue weighted by atomic mass is 16.5. The van der Waals surface area contributed by atoms with E-state index in [1.54, 1.807) is 0 Å². The summed E-state index contributed by atoms with van der Waals surface area (Å²) in [5.74, 6) is 0.783. The minimum absolute atomic E-state index is 0.246. The van der Waals surface area contributed by atoms with Crippen LogP contribution in [0.2, 0.25) is 0 Å². The fourth-order valence-corrected chi connectivity index (χ4v) is 5.08. The number of ether oxygens (including phenoxy) is 1. The SMILES string of the molecule is Cc1ccnc2cccc(OCC(O)CN3CCN(C(c4ccccc4)c4ccccc4)CC3)c12. The molecule has 1 atom stereocenters. The number of benzene rings is 3. The van der Waals surface area contributed by atoms with Gasteiger partial charge in [-0.2, -0.15) is 0 Å². The van der Waals surface area contributed by atoms with Crippen molar-refractivity contribution in [3.8, 4) is 5.75 Å². The number of hydrogen-bond donors (Lipinski definition) is 1. The van der Waals surface area contributed by atoms with Gasteiger partial charge in [0.05, 0.1) is 11.6 Å². The van der Waals surface area contributed by atoms with Crippen LogP contribution in [-0.2, 0) is 0 Å². The van der Waals surface area contributed by atoms with Crippen molar-refractivity contribution in [3.63, 3.8) is 0 Å². The van der Waals surface area contributed by atoms with Crippen molar-refractivity contribution in [3.05, 3.63) is 108 Å². The van der Waals surface area contributed by atoms with E-state index in [2.05, 4.69) is 82.4 Å². The summed E-state index contributed by atoms with van der Waals surface area (Å²) in [6.45, 7) is 6.69. The van der Waals surface area contributed by atoms with E-state index in [0.717, 1.165) is 48.4 Å². The Morgan fingerprint density at radius 2 is 1.49 bits per heavy atom. The molecule has 0 saturated carbocycles. The summed E-state index contributed by atoms with van der Waals surface area (Å²) >= 11 is 0. The molecule has 1 aromatic heterocycles. The largest absolute Gasteiger partial charge is 0.490 e. The van der Waals surface area contributed by atoms with E-state index >= 15 is 0 Å². The Labute approximate surface area is 207 Å². The molecule has 1 saturated heterocycles. The minimum Gasteiger partial charge on any atom is -0.490 e. The molecule has 3 aromatic carbocycles. The smallest absolute Gasteiger partial charge is 0.129 e. The van der Waals surface area contributed by atoms with Crippen molar-refractivity contribution in [2.45, 2.75) is 19.1 Å². The Morgan fingerprint density at radius 1 is 0.829 bits per heavy atom. The molecular formula is C30H33N3O2. The molecule has 0 aliphatic carbocycles. The van der Waals surface area contributed by atoms with Gasteiger partial charge in [-0.3, -0.25) is 14.8 Å². The van der Waals surface area contributed by atoms with Crippen LogP contribution in [-0.4, -0.2) is 65.3 Å². The van der Waals surface area contributed by atoms with Crippen LogP contribution in [0.4, 0.5) is 0 Å². The molecule has 5 nitrogen and oxygen atoms in total. The molecule has 1 fully saturated rings. The molecule has 35 heavy (non-hydrogen) atoms. The Morgan fingerprint density at radius 3 is 2.14 bits per heavy atom. The summed E-state index contributed by atoms with van der Waals surface area (Å²) in [5, 5.41) is 11.8. The van der Waals surface area contributed by atoms with Crippen LogP contribution < -0.4 is 4.74 Å². The van der Waals surface area contributed by atoms with E-state index < -0.39 is 6.10 Å². The van der Waals surface area contributed by atoms with E-state index in [1.807, 2.05) is 30.5 Å². The zero-order valence-electron chi connectivity index (χ0n) is 20.3. The van der Waals surface area contributed by atoms with Crippen LogP contribution in [0.5, 0.6) is 5.75 Å². The highest BCUT2D eigenvalue weighted by Gasteiger charge is 2.27. The lowest BCUT2D eigenvalue weighted by atomic mass is 9.96. The molecule has 0 bridgehead atoms. The zero-order chi connectivity index (χ0) is 24.0. The Kier molecular flexibility index (Phi) is 7.38. The molecule has 0 amide bonds. The quantitative estimate of drug-likeness (QED) is 0.407. The van der Waals surface area contributed by atoms with Crippen LogP contribution >= 0.6 is 0 Å². The first-order valence-corrected chi connectivity index (χ1v) is 12.4. The number of rotatable bonds is 8. The third kappa shape index (κ3) is 5.54. The fourth-order valence-electron chi connectivity index (χ4n) is 5.08. The lowest BCUT2D eigenvalue weighted by molar-refractivity contribution is 0.0404. The van der Waals surface area contributed by atoms with Crippen molar-refractivity contribution in [1.29, 1.82) is 0 Å². The minimum atomic E-state index is -0.548. The van der Waals surface area contributed by atoms with E-state index in [0.29, 0.717) is 6.54 Å². The van der Waals surface area contributed by atoms with Crippen molar-refractivity contribution < 1.29 is 9.84 Å². The summed E-state index contributed by atoms with van der Waals surface area (Å²) in [4.78, 5) is 9.33. The third-order valence-electron chi connectivity index (χ3n) is 6.84. The molecule has 180 valence electrons. The fraction of sp³-hybridized carbons (Fsp3) is 0.300. The molecule has 5 heteroatoms. The van der Waals surface area contributed by atoms with Gasteiger partial charge in [0.25, 0.3) is 0 Å². The first kappa shape index (κ1) is 23.5. The molecular weight excluding hydrogens is 434 g/mol. The van der Waals surface area contributed by atoms with E-state index in [-0.39, 0.29) is 12.6 Å². The molecule has 1 N–H and O–H groups in total. The first-order chi connectivity index (χ1) is 17.2. The van der Waals surface area contributed by atoms with Crippen LogP contribution in [0.15, 0.2) is 91.1 Å². The monoisotopic (exact) mass is 467 g/mol. The second kappa shape index (κ2) is 11.0. The summed E-state index contributed by atoms with van der Waals surface area (Å²) in [7, 11) is 0. The number of aliphatic hydroxyl groups is 1. The number of fused-ring (bicyclic) bond motifs is 1. The number of pyridine rings is 1. The summed E-state index contributed by atoms with van der Waals surface area (Å²) in [6.07, 6.45) is 1.27. The van der Waals surface area contributed by atoms with Gasteiger partial charge in [-0.15, -0.1) is 0 Å². The first-order valence-electron chi connectivity index (χ1n) is 12.4. The van der Waals surface area contributed by atoms with Gasteiger partial charge in [-0.1, -0.05) is 66.7 Å². The molecule has 1 unspecified atom stereocenters. The standard InChI is InChI=1S/C30H33N3O2/c1-23-15-16-31-27-13-8-14-28(29(23)27)35-22-26(34)21-32-17-19-33(20-18-32)30(24-9-4-2-5-10-24)25-11-6-3-7-12-25/h2-16,26,30,34H,17-22H2,1H3. The topological polar surface area (TPSA) is 48.8 Å². The van der Waals surface area contributed by atoms with Crippen LogP contribution in [0.3, 0.4) is 0 Å². The normalized spacial score (nSPS) is 16.0. The summed E-state index contributed by atoms with van der Waals surface area (Å²) in [6, 6.07) is 29.6. The molecule has 0 spiro atoms. The second-order valence-corrected chi connectivity index (χ2v) is 9.30. The summed E-state index contributed by atoms with van der Waals surface area (Å²) < 4.78 is 6.05. The van der Waals surface area contributed by atoms with Gasteiger partial charge >= 0.3 is 0 Å². The van der Waals surface area contributed by atoms with Crippen molar-refractivity contribution in [1.82, 2.24) is 14.8 Å². The van der Waals surface area contributed by atoms with Crippen LogP contribution in [0.25, 0.3) is 10.9 Å². The Hall–Kier alpha value is -3.25. The second-order valence-electron chi connectivity index (χ2n) is 9.30. The maximum absolute atomic E-state index is 10.7. The Balaban J connectivity index is 1.18. The van der Waals surface area contributed by atoms with E-state index in [1.165, 1.54) is 11.1 Å². The number of aromatic nitrogens is 1. The lowest BCUT2D eigenvalue weighted by Gasteiger charge is -2.40. The van der Waals surface area contributed by atoms with Crippen LogP contribution in [0, 0.1) is 6.92 Å². The summed E-state index contributed by atoms with van der Waals surface area (Å²) in [5.41, 5.74) is 4.68. The molecule has 0 radical (unpaired) electrons. The highest BCUT2D eigenvalue weighted by molar-refractivity contribution is 5.88. The Bertz CT molecular complexity index is 1180. The van der Waals surface area contributed by atoms with Crippen LogP contribution in [0.1, 0.15) is 22.7 Å². The maximum atomic E-state index is 10.7. The average molecular weight is 468 g/mol. The number of hydrogen-bond acceptors (Lipinski definition) is 5. The molecule has 4 aromatic rings. The predicted octanol–water partition coefficient (Wildman–Crippen LogP) is 4.69. The zero-order valence-corrected chi connectivity index (χ0v) is 20.3. The van der Waals surface area contributed by atoms with Gasteiger partial charge < -0.3 is 9.84 Å². The molecule has 1 aliphatic heterocycles. The number of aliphatic hydroxyl groups excluding tert-OH is 1. The van der Waals surface area contributed by atoms with E-state index in [4.69, 9.17) is 4.74 Å². The molecule has 1 aliphatic rings. The van der Waals surface area contributed by atoms with E-state index in [9.17, 15) is 5.11 Å². The van der Waals surface area contributed by atoms with Gasteiger partial charge in [0, 0.05) is 44.3 Å². The molecule has 5 rings (SSSR count). The number of β-amino-alcohol motifs (C(OH)–C–C–N with tert-alkyl or cyclic N) is 1. The van der Waals surface area contributed by atoms with Gasteiger partial charge in [0.15, 0.2) is 0 Å². The van der Waals surface area contributed by atoms with Crippen molar-refractivity contribution in [2.75, 3.05) is 39.3 Å². The van der Waals surface area contributed by atoms with Gasteiger partial charge in [0.1, 0.15) is 18.5 Å². The lowest BCUT2D eigenvalue weighted by Crippen LogP contribution is -2.50. The predicted molar refractivity (Wildman–Crippen MR) is 141 cm³/mol. The number of piperazine rings is 1. The average Bonchev–Trinajstić information content (AvgIpc) is 2.90. The number of aryl methyl sites for hydroxylation is 1. The highest BCUT2D eigenvalue weighted by Crippen LogP contribution is 2.30. The third-order valence-corrected chi connectivity index (χ3v) is 6.84. The van der Waals surface area contributed by atoms with Gasteiger partial charge in [-0.25, -0.2) is 0 Å². The number of nitrogens with zero attached hydrogens (tertiary/aromatic N) is 3. The van der Waals surface area contributed by atoms with Gasteiger partial charge in [0.2, 0.25) is 0 Å². The van der Waals surface area contributed by atoms with Gasteiger partial charge in [-0.05, 0) is 41.8 Å². The van der Waals surface area contributed by atoms with Crippen molar-refractivity contribution in [2.24, 2.45) is 0 Å². The van der Waals surface area contributed by atoms with Crippen molar-refractivity contribution >= 4 is 10.9 Å². The molecule has 2 heterocycles. The maximum Gasteiger partial charge on any atom is 0.129 e.